The Balaban J connectivity index is 2.13. The minimum Gasteiger partial charge on any atom is -0.383 e. The van der Waals surface area contributed by atoms with Crippen LogP contribution in [0, 0.1) is 0 Å². The van der Waals surface area contributed by atoms with Crippen LogP contribution in [-0.4, -0.2) is 16.9 Å². The summed E-state index contributed by atoms with van der Waals surface area (Å²) in [6.07, 6.45) is 0. The standard InChI is InChI=1S/C19H17N3OS/c1-10(2)21-18(20)11-7-8-14-13(9-11)16-12-5-3-4-6-15(12)24-17(16)19(23)22-14/h3-10H,1-2H3,(H2,20,21)(H,22,23). The summed E-state index contributed by atoms with van der Waals surface area (Å²) in [5.74, 6) is 0.519. The molecular weight excluding hydrogens is 318 g/mol. The highest BCUT2D eigenvalue weighted by molar-refractivity contribution is 7.26. The molecule has 0 aliphatic heterocycles. The molecule has 4 nitrogen and oxygen atoms in total. The normalized spacial score (nSPS) is 12.7. The molecule has 2 aromatic heterocycles. The smallest absolute Gasteiger partial charge is 0.266 e. The summed E-state index contributed by atoms with van der Waals surface area (Å²) in [6, 6.07) is 14.1. The summed E-state index contributed by atoms with van der Waals surface area (Å²) in [5, 5.41) is 3.10. The lowest BCUT2D eigenvalue weighted by atomic mass is 10.0. The van der Waals surface area contributed by atoms with Crippen LogP contribution in [0.2, 0.25) is 0 Å². The Morgan fingerprint density at radius 2 is 1.96 bits per heavy atom. The predicted octanol–water partition coefficient (Wildman–Crippen LogP) is 4.01. The van der Waals surface area contributed by atoms with E-state index in [1.165, 1.54) is 11.3 Å². The summed E-state index contributed by atoms with van der Waals surface area (Å²) in [5.41, 5.74) is 7.78. The lowest BCUT2D eigenvalue weighted by Gasteiger charge is -2.06. The van der Waals surface area contributed by atoms with E-state index in [2.05, 4.69) is 16.0 Å². The Hall–Kier alpha value is -2.66. The van der Waals surface area contributed by atoms with Gasteiger partial charge in [0.2, 0.25) is 0 Å². The van der Waals surface area contributed by atoms with Gasteiger partial charge in [0, 0.05) is 38.0 Å². The van der Waals surface area contributed by atoms with E-state index in [1.807, 2.05) is 50.2 Å². The van der Waals surface area contributed by atoms with E-state index in [0.717, 1.165) is 36.6 Å². The molecule has 0 bridgehead atoms. The number of aromatic amines is 1. The Morgan fingerprint density at radius 1 is 1.17 bits per heavy atom. The minimum atomic E-state index is -0.0460. The summed E-state index contributed by atoms with van der Waals surface area (Å²) in [7, 11) is 0. The molecule has 0 saturated heterocycles. The molecule has 5 heteroatoms. The molecule has 4 aromatic rings. The van der Waals surface area contributed by atoms with Gasteiger partial charge in [0.25, 0.3) is 5.56 Å². The van der Waals surface area contributed by atoms with Crippen molar-refractivity contribution in [2.45, 2.75) is 19.9 Å². The first-order valence-corrected chi connectivity index (χ1v) is 8.67. The summed E-state index contributed by atoms with van der Waals surface area (Å²) in [4.78, 5) is 19.8. The van der Waals surface area contributed by atoms with E-state index in [4.69, 9.17) is 5.73 Å². The number of fused-ring (bicyclic) bond motifs is 5. The number of thiophene rings is 1. The van der Waals surface area contributed by atoms with Gasteiger partial charge in [-0.15, -0.1) is 11.3 Å². The second kappa shape index (κ2) is 5.46. The zero-order valence-corrected chi connectivity index (χ0v) is 14.3. The van der Waals surface area contributed by atoms with Crippen LogP contribution in [0.1, 0.15) is 19.4 Å². The first-order chi connectivity index (χ1) is 11.5. The van der Waals surface area contributed by atoms with Gasteiger partial charge in [0.15, 0.2) is 0 Å². The van der Waals surface area contributed by atoms with Crippen LogP contribution in [-0.2, 0) is 0 Å². The monoisotopic (exact) mass is 335 g/mol. The molecule has 0 aliphatic rings. The third-order valence-corrected chi connectivity index (χ3v) is 5.20. The molecule has 3 N–H and O–H groups in total. The van der Waals surface area contributed by atoms with Gasteiger partial charge < -0.3 is 10.7 Å². The molecule has 0 atom stereocenters. The SMILES string of the molecule is CC(C)N=C(N)c1ccc2[nH]c(=O)c3sc4ccccc4c3c2c1. The summed E-state index contributed by atoms with van der Waals surface area (Å²) < 4.78 is 1.86. The van der Waals surface area contributed by atoms with E-state index < -0.39 is 0 Å². The molecule has 4 rings (SSSR count). The van der Waals surface area contributed by atoms with Crippen molar-refractivity contribution >= 4 is 48.2 Å². The molecule has 24 heavy (non-hydrogen) atoms. The van der Waals surface area contributed by atoms with Crippen molar-refractivity contribution in [3.63, 3.8) is 0 Å². The van der Waals surface area contributed by atoms with Gasteiger partial charge in [0.1, 0.15) is 10.5 Å². The lowest BCUT2D eigenvalue weighted by Crippen LogP contribution is -2.16. The second-order valence-electron chi connectivity index (χ2n) is 6.12. The van der Waals surface area contributed by atoms with Crippen molar-refractivity contribution in [2.24, 2.45) is 10.7 Å². The average Bonchev–Trinajstić information content (AvgIpc) is 2.94. The van der Waals surface area contributed by atoms with Crippen molar-refractivity contribution in [1.29, 1.82) is 0 Å². The second-order valence-corrected chi connectivity index (χ2v) is 7.18. The highest BCUT2D eigenvalue weighted by atomic mass is 32.1. The largest absolute Gasteiger partial charge is 0.383 e. The van der Waals surface area contributed by atoms with Gasteiger partial charge in [0.05, 0.1) is 0 Å². The van der Waals surface area contributed by atoms with Gasteiger partial charge in [-0.1, -0.05) is 18.2 Å². The number of nitrogens with one attached hydrogen (secondary N) is 1. The molecule has 0 saturated carbocycles. The van der Waals surface area contributed by atoms with E-state index in [-0.39, 0.29) is 11.6 Å². The number of aliphatic imine (C=N–C) groups is 1. The maximum absolute atomic E-state index is 12.4. The maximum atomic E-state index is 12.4. The Bertz CT molecular complexity index is 1170. The summed E-state index contributed by atoms with van der Waals surface area (Å²) in [6.45, 7) is 3.99. The fourth-order valence-corrected chi connectivity index (χ4v) is 4.14. The van der Waals surface area contributed by atoms with E-state index in [1.54, 1.807) is 0 Å². The Morgan fingerprint density at radius 3 is 2.75 bits per heavy atom. The van der Waals surface area contributed by atoms with Crippen LogP contribution in [0.3, 0.4) is 0 Å². The number of aromatic nitrogens is 1. The number of H-pyrrole nitrogens is 1. The van der Waals surface area contributed by atoms with Crippen LogP contribution < -0.4 is 11.3 Å². The van der Waals surface area contributed by atoms with Crippen molar-refractivity contribution < 1.29 is 0 Å². The third-order valence-electron chi connectivity index (χ3n) is 4.03. The van der Waals surface area contributed by atoms with Crippen LogP contribution in [0.15, 0.2) is 52.3 Å². The van der Waals surface area contributed by atoms with E-state index in [9.17, 15) is 4.79 Å². The summed E-state index contributed by atoms with van der Waals surface area (Å²) >= 11 is 1.52. The van der Waals surface area contributed by atoms with Crippen LogP contribution in [0.5, 0.6) is 0 Å². The molecule has 0 aliphatic carbocycles. The van der Waals surface area contributed by atoms with Crippen LogP contribution in [0.4, 0.5) is 0 Å². The lowest BCUT2D eigenvalue weighted by molar-refractivity contribution is 0.834. The highest BCUT2D eigenvalue weighted by Gasteiger charge is 2.13. The Labute approximate surface area is 142 Å². The number of benzene rings is 2. The third kappa shape index (κ3) is 2.29. The van der Waals surface area contributed by atoms with Crippen LogP contribution >= 0.6 is 11.3 Å². The number of hydrogen-bond acceptors (Lipinski definition) is 3. The maximum Gasteiger partial charge on any atom is 0.266 e. The van der Waals surface area contributed by atoms with E-state index >= 15 is 0 Å². The van der Waals surface area contributed by atoms with Crippen molar-refractivity contribution in [2.75, 3.05) is 0 Å². The molecule has 0 amide bonds. The highest BCUT2D eigenvalue weighted by Crippen LogP contribution is 2.35. The molecule has 0 unspecified atom stereocenters. The molecule has 0 spiro atoms. The molecular formula is C19H17N3OS. The zero-order valence-electron chi connectivity index (χ0n) is 13.5. The number of hydrogen-bond donors (Lipinski definition) is 2. The van der Waals surface area contributed by atoms with Crippen molar-refractivity contribution in [3.8, 4) is 0 Å². The minimum absolute atomic E-state index is 0.0460. The van der Waals surface area contributed by atoms with Gasteiger partial charge in [-0.25, -0.2) is 0 Å². The van der Waals surface area contributed by atoms with E-state index in [0.29, 0.717) is 5.84 Å². The number of pyridine rings is 1. The predicted molar refractivity (Wildman–Crippen MR) is 103 cm³/mol. The number of nitrogens with two attached hydrogens (primary N) is 1. The molecule has 2 heterocycles. The van der Waals surface area contributed by atoms with Crippen molar-refractivity contribution in [1.82, 2.24) is 4.98 Å². The number of nitrogens with zero attached hydrogens (tertiary/aromatic N) is 1. The number of amidine groups is 1. The quantitative estimate of drug-likeness (QED) is 0.429. The van der Waals surface area contributed by atoms with Gasteiger partial charge in [-0.05, 0) is 38.1 Å². The fraction of sp³-hybridized carbons (Fsp3) is 0.158. The van der Waals surface area contributed by atoms with Crippen LogP contribution in [0.25, 0.3) is 31.1 Å². The topological polar surface area (TPSA) is 71.2 Å². The number of rotatable bonds is 2. The molecule has 0 radical (unpaired) electrons. The molecule has 0 fully saturated rings. The first-order valence-electron chi connectivity index (χ1n) is 7.85. The first kappa shape index (κ1) is 14.9. The van der Waals surface area contributed by atoms with Gasteiger partial charge in [-0.2, -0.15) is 0 Å². The van der Waals surface area contributed by atoms with Gasteiger partial charge in [-0.3, -0.25) is 9.79 Å². The molecule has 120 valence electrons. The van der Waals surface area contributed by atoms with Crippen molar-refractivity contribution in [3.05, 3.63) is 58.4 Å². The van der Waals surface area contributed by atoms with Gasteiger partial charge >= 0.3 is 0 Å². The molecule has 2 aromatic carbocycles. The fourth-order valence-electron chi connectivity index (χ4n) is 3.02. The Kier molecular flexibility index (Phi) is 3.39. The zero-order chi connectivity index (χ0) is 16.8. The average molecular weight is 335 g/mol.